The second-order valence-electron chi connectivity index (χ2n) is 4.68. The molecule has 0 amide bonds. The van der Waals surface area contributed by atoms with E-state index in [4.69, 9.17) is 9.84 Å². The number of aliphatic carboxylic acids is 1. The number of carbonyl (C=O) groups is 1. The Morgan fingerprint density at radius 2 is 2.12 bits per heavy atom. The van der Waals surface area contributed by atoms with Gasteiger partial charge in [-0.2, -0.15) is 0 Å². The SMILES string of the molecule is COCCc1ccc(C2CC2CC(=O)O)cc1. The Labute approximate surface area is 101 Å². The molecular weight excluding hydrogens is 216 g/mol. The number of benzene rings is 1. The zero-order chi connectivity index (χ0) is 12.3. The van der Waals surface area contributed by atoms with Gasteiger partial charge >= 0.3 is 5.97 Å². The second kappa shape index (κ2) is 5.32. The summed E-state index contributed by atoms with van der Waals surface area (Å²) in [5.41, 5.74) is 2.54. The first-order valence-electron chi connectivity index (χ1n) is 6.00. The summed E-state index contributed by atoms with van der Waals surface area (Å²) in [6, 6.07) is 8.48. The van der Waals surface area contributed by atoms with E-state index in [0.717, 1.165) is 19.4 Å². The molecule has 1 N–H and O–H groups in total. The molecule has 2 rings (SSSR count). The Bertz CT molecular complexity index is 383. The van der Waals surface area contributed by atoms with Gasteiger partial charge < -0.3 is 9.84 Å². The molecule has 1 aromatic rings. The summed E-state index contributed by atoms with van der Waals surface area (Å²) < 4.78 is 5.03. The van der Waals surface area contributed by atoms with Crippen molar-refractivity contribution in [2.75, 3.05) is 13.7 Å². The summed E-state index contributed by atoms with van der Waals surface area (Å²) in [5, 5.41) is 8.72. The van der Waals surface area contributed by atoms with Crippen LogP contribution in [0, 0.1) is 5.92 Å². The standard InChI is InChI=1S/C14H18O3/c1-17-7-6-10-2-4-11(5-3-10)13-8-12(13)9-14(15)16/h2-5,12-13H,6-9H2,1H3,(H,15,16). The molecule has 92 valence electrons. The summed E-state index contributed by atoms with van der Waals surface area (Å²) in [7, 11) is 1.70. The molecule has 1 aliphatic rings. The van der Waals surface area contributed by atoms with E-state index in [2.05, 4.69) is 24.3 Å². The Morgan fingerprint density at radius 1 is 1.41 bits per heavy atom. The van der Waals surface area contributed by atoms with Crippen LogP contribution in [-0.2, 0) is 16.0 Å². The molecule has 3 nitrogen and oxygen atoms in total. The summed E-state index contributed by atoms with van der Waals surface area (Å²) in [6.07, 6.45) is 2.25. The van der Waals surface area contributed by atoms with Crippen LogP contribution < -0.4 is 0 Å². The van der Waals surface area contributed by atoms with Gasteiger partial charge in [0, 0.05) is 13.5 Å². The fourth-order valence-corrected chi connectivity index (χ4v) is 2.26. The van der Waals surface area contributed by atoms with E-state index in [0.29, 0.717) is 18.3 Å². The normalized spacial score (nSPS) is 22.4. The fourth-order valence-electron chi connectivity index (χ4n) is 2.26. The van der Waals surface area contributed by atoms with Crippen LogP contribution in [0.4, 0.5) is 0 Å². The molecule has 2 unspecified atom stereocenters. The van der Waals surface area contributed by atoms with Crippen LogP contribution in [0.1, 0.15) is 29.9 Å². The third kappa shape index (κ3) is 3.30. The van der Waals surface area contributed by atoms with Gasteiger partial charge in [-0.1, -0.05) is 24.3 Å². The fraction of sp³-hybridized carbons (Fsp3) is 0.500. The molecule has 0 radical (unpaired) electrons. The quantitative estimate of drug-likeness (QED) is 0.822. The number of carboxylic acid groups (broad SMARTS) is 1. The zero-order valence-electron chi connectivity index (χ0n) is 10.1. The molecule has 1 aromatic carbocycles. The molecule has 1 aliphatic carbocycles. The summed E-state index contributed by atoms with van der Waals surface area (Å²) >= 11 is 0. The minimum atomic E-state index is -0.686. The molecule has 1 saturated carbocycles. The molecule has 0 spiro atoms. The number of ether oxygens (including phenoxy) is 1. The first-order chi connectivity index (χ1) is 8.20. The maximum atomic E-state index is 10.6. The number of hydrogen-bond acceptors (Lipinski definition) is 2. The van der Waals surface area contributed by atoms with Gasteiger partial charge in [0.1, 0.15) is 0 Å². The molecule has 0 saturated heterocycles. The van der Waals surface area contributed by atoms with E-state index in [-0.39, 0.29) is 0 Å². The lowest BCUT2D eigenvalue weighted by molar-refractivity contribution is -0.137. The molecule has 0 aromatic heterocycles. The smallest absolute Gasteiger partial charge is 0.303 e. The highest BCUT2D eigenvalue weighted by Crippen LogP contribution is 2.49. The van der Waals surface area contributed by atoms with Crippen molar-refractivity contribution < 1.29 is 14.6 Å². The van der Waals surface area contributed by atoms with E-state index in [1.807, 2.05) is 0 Å². The summed E-state index contributed by atoms with van der Waals surface area (Å²) in [5.74, 6) is 0.120. The van der Waals surface area contributed by atoms with Crippen LogP contribution in [0.2, 0.25) is 0 Å². The Balaban J connectivity index is 1.89. The van der Waals surface area contributed by atoms with Crippen molar-refractivity contribution in [1.82, 2.24) is 0 Å². The molecular formula is C14H18O3. The largest absolute Gasteiger partial charge is 0.481 e. The number of carboxylic acids is 1. The number of rotatable bonds is 6. The monoisotopic (exact) mass is 234 g/mol. The average Bonchev–Trinajstić information content (AvgIpc) is 3.05. The van der Waals surface area contributed by atoms with Crippen molar-refractivity contribution in [3.63, 3.8) is 0 Å². The molecule has 0 aliphatic heterocycles. The molecule has 0 bridgehead atoms. The van der Waals surface area contributed by atoms with Crippen LogP contribution in [-0.4, -0.2) is 24.8 Å². The van der Waals surface area contributed by atoms with E-state index < -0.39 is 5.97 Å². The third-order valence-corrected chi connectivity index (χ3v) is 3.36. The third-order valence-electron chi connectivity index (χ3n) is 3.36. The maximum Gasteiger partial charge on any atom is 0.303 e. The number of hydrogen-bond donors (Lipinski definition) is 1. The summed E-state index contributed by atoms with van der Waals surface area (Å²) in [6.45, 7) is 0.740. The number of methoxy groups -OCH3 is 1. The van der Waals surface area contributed by atoms with E-state index in [1.165, 1.54) is 11.1 Å². The van der Waals surface area contributed by atoms with Crippen molar-refractivity contribution in [1.29, 1.82) is 0 Å². The first kappa shape index (κ1) is 12.1. The highest BCUT2D eigenvalue weighted by atomic mass is 16.5. The van der Waals surface area contributed by atoms with Crippen molar-refractivity contribution >= 4 is 5.97 Å². The Hall–Kier alpha value is -1.35. The van der Waals surface area contributed by atoms with Crippen LogP contribution in [0.5, 0.6) is 0 Å². The van der Waals surface area contributed by atoms with Gasteiger partial charge in [-0.3, -0.25) is 4.79 Å². The molecule has 17 heavy (non-hydrogen) atoms. The Kier molecular flexibility index (Phi) is 3.79. The second-order valence-corrected chi connectivity index (χ2v) is 4.68. The van der Waals surface area contributed by atoms with Gasteiger partial charge in [0.2, 0.25) is 0 Å². The van der Waals surface area contributed by atoms with Gasteiger partial charge in [-0.15, -0.1) is 0 Å². The Morgan fingerprint density at radius 3 is 2.71 bits per heavy atom. The van der Waals surface area contributed by atoms with Crippen molar-refractivity contribution in [2.24, 2.45) is 5.92 Å². The van der Waals surface area contributed by atoms with E-state index in [1.54, 1.807) is 7.11 Å². The lowest BCUT2D eigenvalue weighted by Crippen LogP contribution is -1.97. The van der Waals surface area contributed by atoms with E-state index >= 15 is 0 Å². The van der Waals surface area contributed by atoms with E-state index in [9.17, 15) is 4.79 Å². The van der Waals surface area contributed by atoms with Crippen LogP contribution in [0.15, 0.2) is 24.3 Å². The van der Waals surface area contributed by atoms with Gasteiger partial charge in [-0.05, 0) is 35.8 Å². The minimum absolute atomic E-state index is 0.302. The lowest BCUT2D eigenvalue weighted by Gasteiger charge is -2.03. The van der Waals surface area contributed by atoms with Gasteiger partial charge in [0.25, 0.3) is 0 Å². The highest BCUT2D eigenvalue weighted by Gasteiger charge is 2.39. The molecule has 3 heteroatoms. The first-order valence-corrected chi connectivity index (χ1v) is 6.00. The summed E-state index contributed by atoms with van der Waals surface area (Å²) in [4.78, 5) is 10.6. The molecule has 2 atom stereocenters. The molecule has 1 fully saturated rings. The van der Waals surface area contributed by atoms with Crippen molar-refractivity contribution in [3.05, 3.63) is 35.4 Å². The van der Waals surface area contributed by atoms with Gasteiger partial charge in [0.15, 0.2) is 0 Å². The lowest BCUT2D eigenvalue weighted by atomic mass is 10.0. The van der Waals surface area contributed by atoms with Gasteiger partial charge in [-0.25, -0.2) is 0 Å². The zero-order valence-corrected chi connectivity index (χ0v) is 10.1. The minimum Gasteiger partial charge on any atom is -0.481 e. The van der Waals surface area contributed by atoms with Crippen molar-refractivity contribution in [3.8, 4) is 0 Å². The van der Waals surface area contributed by atoms with Gasteiger partial charge in [0.05, 0.1) is 6.61 Å². The van der Waals surface area contributed by atoms with Crippen LogP contribution >= 0.6 is 0 Å². The average molecular weight is 234 g/mol. The molecule has 0 heterocycles. The maximum absolute atomic E-state index is 10.6. The highest BCUT2D eigenvalue weighted by molar-refractivity contribution is 5.67. The van der Waals surface area contributed by atoms with Crippen molar-refractivity contribution in [2.45, 2.75) is 25.2 Å². The van der Waals surface area contributed by atoms with Crippen LogP contribution in [0.25, 0.3) is 0 Å². The predicted octanol–water partition coefficient (Wildman–Crippen LogP) is 2.45. The topological polar surface area (TPSA) is 46.5 Å². The van der Waals surface area contributed by atoms with Crippen LogP contribution in [0.3, 0.4) is 0 Å². The predicted molar refractivity (Wildman–Crippen MR) is 65.1 cm³/mol.